The fraction of sp³-hybridized carbons (Fsp3) is 0.500. The molecular formula is C26H40IN5O. The molecule has 2 aromatic rings. The third-order valence-electron chi connectivity index (χ3n) is 6.16. The highest BCUT2D eigenvalue weighted by Crippen LogP contribution is 2.18. The van der Waals surface area contributed by atoms with Gasteiger partial charge in [-0.25, -0.2) is 0 Å². The zero-order chi connectivity index (χ0) is 22.6. The maximum atomic E-state index is 9.72. The van der Waals surface area contributed by atoms with Gasteiger partial charge in [0.1, 0.15) is 0 Å². The number of nitrogens with zero attached hydrogens (tertiary/aromatic N) is 3. The summed E-state index contributed by atoms with van der Waals surface area (Å²) in [6.07, 6.45) is 2.29. The van der Waals surface area contributed by atoms with Crippen LogP contribution in [0, 0.1) is 6.92 Å². The molecule has 1 saturated heterocycles. The van der Waals surface area contributed by atoms with Crippen molar-refractivity contribution in [3.05, 3.63) is 65.7 Å². The van der Waals surface area contributed by atoms with Gasteiger partial charge in [0.25, 0.3) is 0 Å². The van der Waals surface area contributed by atoms with Gasteiger partial charge in [0.05, 0.1) is 6.61 Å². The molecule has 1 atom stereocenters. The van der Waals surface area contributed by atoms with E-state index in [0.29, 0.717) is 6.54 Å². The molecule has 33 heavy (non-hydrogen) atoms. The van der Waals surface area contributed by atoms with E-state index in [-0.39, 0.29) is 36.5 Å². The van der Waals surface area contributed by atoms with Gasteiger partial charge in [0, 0.05) is 57.9 Å². The average Bonchev–Trinajstić information content (AvgIpc) is 2.84. The molecule has 0 bridgehead atoms. The highest BCUT2D eigenvalue weighted by atomic mass is 127. The Morgan fingerprint density at radius 1 is 1.00 bits per heavy atom. The molecule has 7 heteroatoms. The normalized spacial score (nSPS) is 15.6. The molecule has 0 spiro atoms. The zero-order valence-corrected chi connectivity index (χ0v) is 22.4. The number of aliphatic hydroxyl groups is 1. The van der Waals surface area contributed by atoms with Gasteiger partial charge in [-0.3, -0.25) is 9.89 Å². The van der Waals surface area contributed by atoms with Crippen LogP contribution in [0.15, 0.2) is 59.6 Å². The lowest BCUT2D eigenvalue weighted by atomic mass is 10.0. The van der Waals surface area contributed by atoms with Gasteiger partial charge in [-0.1, -0.05) is 42.5 Å². The van der Waals surface area contributed by atoms with Crippen LogP contribution in [0.5, 0.6) is 0 Å². The van der Waals surface area contributed by atoms with Gasteiger partial charge in [-0.2, -0.15) is 0 Å². The molecule has 1 aliphatic rings. The van der Waals surface area contributed by atoms with Crippen molar-refractivity contribution in [3.63, 3.8) is 0 Å². The van der Waals surface area contributed by atoms with Crippen LogP contribution in [0.2, 0.25) is 0 Å². The number of aryl methyl sites for hydroxylation is 1. The summed E-state index contributed by atoms with van der Waals surface area (Å²) in [7, 11) is 1.79. The van der Waals surface area contributed by atoms with Crippen molar-refractivity contribution in [2.24, 2.45) is 4.99 Å². The van der Waals surface area contributed by atoms with E-state index in [0.717, 1.165) is 57.2 Å². The summed E-state index contributed by atoms with van der Waals surface area (Å²) in [5.74, 6) is 0.861. The Labute approximate surface area is 216 Å². The van der Waals surface area contributed by atoms with Gasteiger partial charge in [-0.15, -0.1) is 24.0 Å². The number of aliphatic hydroxyl groups excluding tert-OH is 1. The molecule has 1 fully saturated rings. The summed E-state index contributed by atoms with van der Waals surface area (Å²) >= 11 is 0. The van der Waals surface area contributed by atoms with E-state index in [1.807, 2.05) is 18.2 Å². The maximum Gasteiger partial charge on any atom is 0.190 e. The highest BCUT2D eigenvalue weighted by molar-refractivity contribution is 14.0. The van der Waals surface area contributed by atoms with Crippen LogP contribution in [-0.4, -0.2) is 75.4 Å². The number of aliphatic imine (C=N–C) groups is 1. The number of hydrogen-bond donors (Lipinski definition) is 3. The third-order valence-corrected chi connectivity index (χ3v) is 6.16. The molecule has 0 aromatic heterocycles. The number of halogens is 1. The van der Waals surface area contributed by atoms with Crippen LogP contribution < -0.4 is 15.5 Å². The molecule has 0 radical (unpaired) electrons. The number of rotatable bonds is 10. The number of guanidine groups is 1. The predicted octanol–water partition coefficient (Wildman–Crippen LogP) is 3.46. The Morgan fingerprint density at radius 3 is 2.42 bits per heavy atom. The van der Waals surface area contributed by atoms with E-state index in [1.165, 1.54) is 17.7 Å². The van der Waals surface area contributed by atoms with Crippen molar-refractivity contribution < 1.29 is 5.11 Å². The van der Waals surface area contributed by atoms with Crippen LogP contribution in [0.3, 0.4) is 0 Å². The van der Waals surface area contributed by atoms with Crippen LogP contribution >= 0.6 is 24.0 Å². The lowest BCUT2D eigenvalue weighted by Gasteiger charge is -2.36. The van der Waals surface area contributed by atoms with Crippen LogP contribution in [0.4, 0.5) is 5.69 Å². The summed E-state index contributed by atoms with van der Waals surface area (Å²) < 4.78 is 0. The standard InChI is InChI=1S/C26H39N5O.HI/c1-22-9-8-12-25(19-22)31-17-15-30(16-18-31)14-7-6-13-28-26(27-2)29-20-24(21-32)23-10-4-3-5-11-23;/h3-5,8-12,19,24,32H,6-7,13-18,20-21H2,1-2H3,(H2,27,28,29);1H. The Balaban J connectivity index is 0.00000385. The van der Waals surface area contributed by atoms with E-state index in [4.69, 9.17) is 0 Å². The largest absolute Gasteiger partial charge is 0.396 e. The summed E-state index contributed by atoms with van der Waals surface area (Å²) in [5.41, 5.74) is 3.82. The fourth-order valence-corrected chi connectivity index (χ4v) is 4.18. The topological polar surface area (TPSA) is 63.1 Å². The van der Waals surface area contributed by atoms with Gasteiger partial charge < -0.3 is 20.6 Å². The van der Waals surface area contributed by atoms with Crippen molar-refractivity contribution in [2.45, 2.75) is 25.7 Å². The molecule has 0 saturated carbocycles. The first kappa shape index (κ1) is 27.4. The number of nitrogens with one attached hydrogen (secondary N) is 2. The molecule has 1 unspecified atom stereocenters. The number of benzene rings is 2. The van der Waals surface area contributed by atoms with E-state index in [1.54, 1.807) is 7.05 Å². The Hall–Kier alpha value is -1.84. The van der Waals surface area contributed by atoms with Crippen LogP contribution in [0.25, 0.3) is 0 Å². The quantitative estimate of drug-likeness (QED) is 0.178. The lowest BCUT2D eigenvalue weighted by Crippen LogP contribution is -2.46. The molecule has 0 amide bonds. The van der Waals surface area contributed by atoms with Crippen molar-refractivity contribution in [1.29, 1.82) is 0 Å². The lowest BCUT2D eigenvalue weighted by molar-refractivity contribution is 0.253. The number of unbranched alkanes of at least 4 members (excludes halogenated alkanes) is 1. The van der Waals surface area contributed by atoms with Gasteiger partial charge in [0.15, 0.2) is 5.96 Å². The molecule has 3 rings (SSSR count). The molecule has 1 aliphatic heterocycles. The minimum atomic E-state index is 0. The summed E-state index contributed by atoms with van der Waals surface area (Å²) in [5, 5.41) is 16.5. The number of anilines is 1. The smallest absolute Gasteiger partial charge is 0.190 e. The van der Waals surface area contributed by atoms with Gasteiger partial charge in [-0.05, 0) is 49.6 Å². The first-order chi connectivity index (χ1) is 15.7. The second kappa shape index (κ2) is 15.1. The summed E-state index contributed by atoms with van der Waals surface area (Å²) in [6, 6.07) is 18.9. The monoisotopic (exact) mass is 565 g/mol. The SMILES string of the molecule is CN=C(NCCCCN1CCN(c2cccc(C)c2)CC1)NCC(CO)c1ccccc1.I. The summed E-state index contributed by atoms with van der Waals surface area (Å²) in [6.45, 7) is 9.45. The first-order valence-corrected chi connectivity index (χ1v) is 11.8. The minimum absolute atomic E-state index is 0. The van der Waals surface area contributed by atoms with Crippen LogP contribution in [0.1, 0.15) is 29.9 Å². The average molecular weight is 566 g/mol. The number of hydrogen-bond acceptors (Lipinski definition) is 4. The van der Waals surface area contributed by atoms with E-state index in [9.17, 15) is 5.11 Å². The van der Waals surface area contributed by atoms with Crippen LogP contribution in [-0.2, 0) is 0 Å². The van der Waals surface area contributed by atoms with E-state index in [2.05, 4.69) is 68.7 Å². The number of piperazine rings is 1. The maximum absolute atomic E-state index is 9.72. The molecular weight excluding hydrogens is 525 g/mol. The van der Waals surface area contributed by atoms with E-state index >= 15 is 0 Å². The Bertz CT molecular complexity index is 824. The van der Waals surface area contributed by atoms with Crippen molar-refractivity contribution in [3.8, 4) is 0 Å². The summed E-state index contributed by atoms with van der Waals surface area (Å²) in [4.78, 5) is 9.39. The Kier molecular flexibility index (Phi) is 12.6. The molecule has 1 heterocycles. The second-order valence-corrected chi connectivity index (χ2v) is 8.54. The van der Waals surface area contributed by atoms with Crippen molar-refractivity contribution >= 4 is 35.6 Å². The molecule has 6 nitrogen and oxygen atoms in total. The minimum Gasteiger partial charge on any atom is -0.396 e. The van der Waals surface area contributed by atoms with E-state index < -0.39 is 0 Å². The van der Waals surface area contributed by atoms with Gasteiger partial charge >= 0.3 is 0 Å². The van der Waals surface area contributed by atoms with Crippen molar-refractivity contribution in [1.82, 2.24) is 15.5 Å². The third kappa shape index (κ3) is 9.14. The van der Waals surface area contributed by atoms with Gasteiger partial charge in [0.2, 0.25) is 0 Å². The molecule has 2 aromatic carbocycles. The Morgan fingerprint density at radius 2 is 1.76 bits per heavy atom. The molecule has 182 valence electrons. The molecule has 0 aliphatic carbocycles. The zero-order valence-electron chi connectivity index (χ0n) is 20.0. The first-order valence-electron chi connectivity index (χ1n) is 11.8. The second-order valence-electron chi connectivity index (χ2n) is 8.54. The highest BCUT2D eigenvalue weighted by Gasteiger charge is 2.16. The molecule has 3 N–H and O–H groups in total. The predicted molar refractivity (Wildman–Crippen MR) is 150 cm³/mol. The fourth-order valence-electron chi connectivity index (χ4n) is 4.18. The van der Waals surface area contributed by atoms with Crippen molar-refractivity contribution in [2.75, 3.05) is 64.4 Å².